The van der Waals surface area contributed by atoms with Crippen LogP contribution >= 0.6 is 0 Å². The summed E-state index contributed by atoms with van der Waals surface area (Å²) in [5.74, 6) is -0.984. The van der Waals surface area contributed by atoms with Gasteiger partial charge in [0.1, 0.15) is 0 Å². The summed E-state index contributed by atoms with van der Waals surface area (Å²) in [6, 6.07) is 17.2. The zero-order chi connectivity index (χ0) is 21.1. The van der Waals surface area contributed by atoms with E-state index in [2.05, 4.69) is 15.6 Å². The summed E-state index contributed by atoms with van der Waals surface area (Å²) >= 11 is 0. The van der Waals surface area contributed by atoms with E-state index in [9.17, 15) is 19.5 Å². The van der Waals surface area contributed by atoms with Crippen molar-refractivity contribution in [1.82, 2.24) is 15.2 Å². The Morgan fingerprint density at radius 1 is 0.933 bits per heavy atom. The van der Waals surface area contributed by atoms with E-state index >= 15 is 0 Å². The third-order valence-electron chi connectivity index (χ3n) is 4.80. The predicted octanol–water partition coefficient (Wildman–Crippen LogP) is 2.95. The van der Waals surface area contributed by atoms with Crippen LogP contribution in [0.25, 0.3) is 0 Å². The largest absolute Gasteiger partial charge is 0.504 e. The number of urea groups is 1. The molecule has 150 valence electrons. The van der Waals surface area contributed by atoms with Crippen molar-refractivity contribution in [2.45, 2.75) is 6.04 Å². The molecule has 0 radical (unpaired) electrons. The van der Waals surface area contributed by atoms with Crippen LogP contribution in [-0.4, -0.2) is 39.4 Å². The number of nitrogens with one attached hydrogen (secondary N) is 2. The summed E-state index contributed by atoms with van der Waals surface area (Å²) in [7, 11) is 0. The van der Waals surface area contributed by atoms with Gasteiger partial charge in [0, 0.05) is 12.7 Å². The second-order valence-electron chi connectivity index (χ2n) is 6.66. The number of aromatic hydroxyl groups is 1. The van der Waals surface area contributed by atoms with E-state index in [4.69, 9.17) is 0 Å². The zero-order valence-electron chi connectivity index (χ0n) is 15.8. The average molecular weight is 402 g/mol. The Hall–Kier alpha value is -4.20. The molecule has 0 saturated heterocycles. The lowest BCUT2D eigenvalue weighted by atomic mass is 10.1. The van der Waals surface area contributed by atoms with Crippen LogP contribution in [0, 0.1) is 0 Å². The topological polar surface area (TPSA) is 112 Å². The second-order valence-corrected chi connectivity index (χ2v) is 6.66. The molecule has 0 bridgehead atoms. The molecule has 1 aromatic heterocycles. The maximum atomic E-state index is 12.9. The summed E-state index contributed by atoms with van der Waals surface area (Å²) in [5, 5.41) is 14.9. The van der Waals surface area contributed by atoms with Crippen molar-refractivity contribution in [3.05, 3.63) is 89.6 Å². The minimum atomic E-state index is -0.707. The number of rotatable bonds is 5. The predicted molar refractivity (Wildman–Crippen MR) is 109 cm³/mol. The first-order chi connectivity index (χ1) is 14.6. The van der Waals surface area contributed by atoms with Crippen molar-refractivity contribution in [1.29, 1.82) is 0 Å². The molecule has 3 N–H and O–H groups in total. The summed E-state index contributed by atoms with van der Waals surface area (Å²) in [6.07, 6.45) is 1.43. The third kappa shape index (κ3) is 3.58. The fourth-order valence-electron chi connectivity index (χ4n) is 3.36. The summed E-state index contributed by atoms with van der Waals surface area (Å²) in [4.78, 5) is 43.3. The van der Waals surface area contributed by atoms with Crippen LogP contribution in [0.15, 0.2) is 72.9 Å². The summed E-state index contributed by atoms with van der Waals surface area (Å²) in [6.45, 7) is -0.0189. The Morgan fingerprint density at radius 3 is 2.20 bits per heavy atom. The van der Waals surface area contributed by atoms with Crippen molar-refractivity contribution >= 4 is 23.7 Å². The molecule has 1 unspecified atom stereocenters. The molecular weight excluding hydrogens is 384 g/mol. The first-order valence-electron chi connectivity index (χ1n) is 9.27. The number of nitrogens with zero attached hydrogens (tertiary/aromatic N) is 2. The highest BCUT2D eigenvalue weighted by Gasteiger charge is 2.40. The number of hydrogen-bond donors (Lipinski definition) is 3. The number of amides is 4. The van der Waals surface area contributed by atoms with Gasteiger partial charge in [-0.1, -0.05) is 42.5 Å². The number of carbonyl (C=O) groups is 3. The molecule has 1 atom stereocenters. The Morgan fingerprint density at radius 2 is 1.57 bits per heavy atom. The highest BCUT2D eigenvalue weighted by atomic mass is 16.3. The molecular formula is C22H18N4O4. The zero-order valence-corrected chi connectivity index (χ0v) is 15.8. The molecule has 4 amide bonds. The van der Waals surface area contributed by atoms with Gasteiger partial charge in [-0.2, -0.15) is 0 Å². The van der Waals surface area contributed by atoms with Crippen LogP contribution in [0.1, 0.15) is 32.3 Å². The van der Waals surface area contributed by atoms with Gasteiger partial charge >= 0.3 is 6.03 Å². The third-order valence-corrected chi connectivity index (χ3v) is 4.80. The number of fused-ring (bicyclic) bond motifs is 1. The Bertz CT molecular complexity index is 1080. The molecule has 0 aliphatic carbocycles. The monoisotopic (exact) mass is 402 g/mol. The highest BCUT2D eigenvalue weighted by molar-refractivity contribution is 6.21. The second kappa shape index (κ2) is 8.04. The van der Waals surface area contributed by atoms with Crippen LogP contribution in [0.2, 0.25) is 0 Å². The maximum Gasteiger partial charge on any atom is 0.320 e. The van der Waals surface area contributed by atoms with E-state index in [0.717, 1.165) is 0 Å². The molecule has 30 heavy (non-hydrogen) atoms. The molecule has 0 spiro atoms. The number of benzene rings is 2. The van der Waals surface area contributed by atoms with Crippen LogP contribution in [-0.2, 0) is 0 Å². The smallest absolute Gasteiger partial charge is 0.320 e. The average Bonchev–Trinajstić information content (AvgIpc) is 3.02. The van der Waals surface area contributed by atoms with Gasteiger partial charge in [0.15, 0.2) is 11.6 Å². The number of anilines is 1. The lowest BCUT2D eigenvalue weighted by molar-refractivity contribution is 0.0582. The summed E-state index contributed by atoms with van der Waals surface area (Å²) < 4.78 is 0. The van der Waals surface area contributed by atoms with Crippen molar-refractivity contribution in [3.8, 4) is 5.75 Å². The van der Waals surface area contributed by atoms with Gasteiger partial charge < -0.3 is 10.4 Å². The maximum absolute atomic E-state index is 12.9. The first kappa shape index (κ1) is 19.1. The van der Waals surface area contributed by atoms with Gasteiger partial charge in [-0.15, -0.1) is 0 Å². The molecule has 2 heterocycles. The first-order valence-corrected chi connectivity index (χ1v) is 9.27. The quantitative estimate of drug-likeness (QED) is 0.568. The standard InChI is InChI=1S/C22H18N4O4/c27-18-11-6-12-23-19(18)25-22(30)24-13-17(14-7-2-1-3-8-14)26-20(28)15-9-4-5-10-16(15)21(26)29/h1-12,17,27H,13H2,(H2,23,24,25,30). The van der Waals surface area contributed by atoms with Crippen LogP contribution < -0.4 is 10.6 Å². The van der Waals surface area contributed by atoms with E-state index in [1.165, 1.54) is 23.2 Å². The van der Waals surface area contributed by atoms with E-state index in [1.54, 1.807) is 48.5 Å². The minimum absolute atomic E-state index is 0.00647. The lowest BCUT2D eigenvalue weighted by Crippen LogP contribution is -2.42. The Labute approximate surface area is 172 Å². The van der Waals surface area contributed by atoms with Crippen LogP contribution in [0.3, 0.4) is 0 Å². The Balaban J connectivity index is 1.56. The molecule has 4 rings (SSSR count). The van der Waals surface area contributed by atoms with Gasteiger partial charge in [-0.3, -0.25) is 19.8 Å². The van der Waals surface area contributed by atoms with Gasteiger partial charge in [0.2, 0.25) is 0 Å². The van der Waals surface area contributed by atoms with E-state index in [1.807, 2.05) is 6.07 Å². The van der Waals surface area contributed by atoms with Gasteiger partial charge in [0.05, 0.1) is 17.2 Å². The van der Waals surface area contributed by atoms with Crippen molar-refractivity contribution in [2.24, 2.45) is 0 Å². The highest BCUT2D eigenvalue weighted by Crippen LogP contribution is 2.31. The Kier molecular flexibility index (Phi) is 5.13. The summed E-state index contributed by atoms with van der Waals surface area (Å²) in [5.41, 5.74) is 1.38. The number of aromatic nitrogens is 1. The fraction of sp³-hybridized carbons (Fsp3) is 0.0909. The molecule has 0 fully saturated rings. The van der Waals surface area contributed by atoms with Crippen molar-refractivity contribution in [3.63, 3.8) is 0 Å². The van der Waals surface area contributed by atoms with Crippen molar-refractivity contribution in [2.75, 3.05) is 11.9 Å². The molecule has 1 aliphatic heterocycles. The molecule has 1 aliphatic rings. The number of imide groups is 1. The number of carbonyl (C=O) groups excluding carboxylic acids is 3. The van der Waals surface area contributed by atoms with Gasteiger partial charge in [-0.25, -0.2) is 9.78 Å². The van der Waals surface area contributed by atoms with Gasteiger partial charge in [-0.05, 0) is 29.8 Å². The molecule has 2 aromatic carbocycles. The van der Waals surface area contributed by atoms with E-state index in [-0.39, 0.29) is 18.1 Å². The molecule has 8 heteroatoms. The van der Waals surface area contributed by atoms with E-state index < -0.39 is 23.9 Å². The molecule has 3 aromatic rings. The fourth-order valence-corrected chi connectivity index (χ4v) is 3.36. The minimum Gasteiger partial charge on any atom is -0.504 e. The van der Waals surface area contributed by atoms with Crippen LogP contribution in [0.4, 0.5) is 10.6 Å². The van der Waals surface area contributed by atoms with E-state index in [0.29, 0.717) is 16.7 Å². The lowest BCUT2D eigenvalue weighted by Gasteiger charge is -2.27. The number of hydrogen-bond acceptors (Lipinski definition) is 5. The van der Waals surface area contributed by atoms with Crippen LogP contribution in [0.5, 0.6) is 5.75 Å². The van der Waals surface area contributed by atoms with Gasteiger partial charge in [0.25, 0.3) is 11.8 Å². The number of pyridine rings is 1. The van der Waals surface area contributed by atoms with Crippen molar-refractivity contribution < 1.29 is 19.5 Å². The molecule has 0 saturated carbocycles. The SMILES string of the molecule is O=C(NCC(c1ccccc1)N1C(=O)c2ccccc2C1=O)Nc1ncccc1O. The molecule has 8 nitrogen and oxygen atoms in total. The normalized spacial score (nSPS) is 13.7.